The van der Waals surface area contributed by atoms with E-state index in [0.717, 1.165) is 0 Å². The summed E-state index contributed by atoms with van der Waals surface area (Å²) in [6, 6.07) is 8.05. The maximum atomic E-state index is 14.8. The molecule has 0 unspecified atom stereocenters. The Morgan fingerprint density at radius 1 is 1.18 bits per heavy atom. The number of nitrogens with zero attached hydrogens (tertiary/aromatic N) is 3. The van der Waals surface area contributed by atoms with E-state index in [2.05, 4.69) is 21.5 Å². The maximum Gasteiger partial charge on any atom is 0.340 e. The number of carbonyl (C=O) groups excluding carboxylic acids is 1. The quantitative estimate of drug-likeness (QED) is 0.346. The molecule has 166 valence electrons. The second kappa shape index (κ2) is 8.95. The van der Waals surface area contributed by atoms with E-state index in [1.54, 1.807) is 25.1 Å². The highest BCUT2D eigenvalue weighted by atomic mass is 19.1. The summed E-state index contributed by atoms with van der Waals surface area (Å²) in [6.45, 7) is 4.57. The molecule has 33 heavy (non-hydrogen) atoms. The highest BCUT2D eigenvalue weighted by Crippen LogP contribution is 2.27. The first-order chi connectivity index (χ1) is 15.8. The standard InChI is InChI=1S/C23H16F2N4O4/c1-12-16-5-4-15(32-23-27-7-3-8-28-23)11-18(16)33-22(31)17(12)10-14-6-9-26-20(19(14)25)29-21(30)13(2)24/h3-9,11H,2,10H2,1H3,(H,26,29,30). The zero-order chi connectivity index (χ0) is 23.5. The summed E-state index contributed by atoms with van der Waals surface area (Å²) < 4.78 is 38.8. The van der Waals surface area contributed by atoms with Gasteiger partial charge in [0.2, 0.25) is 0 Å². The molecule has 10 heteroatoms. The Labute approximate surface area is 185 Å². The smallest absolute Gasteiger partial charge is 0.340 e. The van der Waals surface area contributed by atoms with Gasteiger partial charge in [-0.1, -0.05) is 6.58 Å². The average Bonchev–Trinajstić information content (AvgIpc) is 2.79. The van der Waals surface area contributed by atoms with Crippen molar-refractivity contribution in [1.29, 1.82) is 0 Å². The number of aryl methyl sites for hydroxylation is 1. The number of pyridine rings is 1. The topological polar surface area (TPSA) is 107 Å². The van der Waals surface area contributed by atoms with Gasteiger partial charge in [-0.3, -0.25) is 4.79 Å². The molecule has 0 aliphatic heterocycles. The number of amides is 1. The molecule has 4 rings (SSSR count). The molecule has 0 bridgehead atoms. The summed E-state index contributed by atoms with van der Waals surface area (Å²) >= 11 is 0. The van der Waals surface area contributed by atoms with E-state index in [1.165, 1.54) is 30.7 Å². The number of rotatable bonds is 6. The first kappa shape index (κ1) is 21.8. The number of carbonyl (C=O) groups is 1. The molecule has 0 fully saturated rings. The van der Waals surface area contributed by atoms with Crippen LogP contribution >= 0.6 is 0 Å². The number of anilines is 1. The molecule has 1 amide bonds. The molecule has 4 aromatic rings. The average molecular weight is 450 g/mol. The Balaban J connectivity index is 1.66. The van der Waals surface area contributed by atoms with E-state index < -0.39 is 29.0 Å². The van der Waals surface area contributed by atoms with Gasteiger partial charge in [0.1, 0.15) is 11.3 Å². The molecule has 1 aromatic carbocycles. The van der Waals surface area contributed by atoms with Crippen molar-refractivity contribution in [1.82, 2.24) is 15.0 Å². The van der Waals surface area contributed by atoms with Gasteiger partial charge in [0.25, 0.3) is 5.91 Å². The van der Waals surface area contributed by atoms with Crippen LogP contribution in [0, 0.1) is 12.7 Å². The van der Waals surface area contributed by atoms with Gasteiger partial charge >= 0.3 is 11.6 Å². The van der Waals surface area contributed by atoms with Gasteiger partial charge in [0.15, 0.2) is 17.5 Å². The van der Waals surface area contributed by atoms with Crippen LogP contribution in [0.25, 0.3) is 11.0 Å². The van der Waals surface area contributed by atoms with Crippen molar-refractivity contribution < 1.29 is 22.7 Å². The zero-order valence-corrected chi connectivity index (χ0v) is 17.3. The van der Waals surface area contributed by atoms with E-state index in [4.69, 9.17) is 9.15 Å². The van der Waals surface area contributed by atoms with Crippen LogP contribution in [-0.2, 0) is 11.2 Å². The number of nitrogens with one attached hydrogen (secondary N) is 1. The highest BCUT2D eigenvalue weighted by Gasteiger charge is 2.18. The summed E-state index contributed by atoms with van der Waals surface area (Å²) in [7, 11) is 0. The minimum absolute atomic E-state index is 0.0701. The van der Waals surface area contributed by atoms with Crippen molar-refractivity contribution in [2.24, 2.45) is 0 Å². The molecule has 0 aliphatic rings. The largest absolute Gasteiger partial charge is 0.424 e. The highest BCUT2D eigenvalue weighted by molar-refractivity contribution is 6.01. The van der Waals surface area contributed by atoms with Crippen LogP contribution in [0.15, 0.2) is 70.5 Å². The van der Waals surface area contributed by atoms with E-state index in [0.29, 0.717) is 16.7 Å². The van der Waals surface area contributed by atoms with Gasteiger partial charge in [-0.15, -0.1) is 0 Å². The first-order valence-corrected chi connectivity index (χ1v) is 9.64. The number of ether oxygens (including phenoxy) is 1. The fourth-order valence-electron chi connectivity index (χ4n) is 3.16. The van der Waals surface area contributed by atoms with Crippen molar-refractivity contribution in [3.05, 3.63) is 94.3 Å². The lowest BCUT2D eigenvalue weighted by molar-refractivity contribution is -0.114. The molecule has 0 saturated carbocycles. The van der Waals surface area contributed by atoms with Gasteiger partial charge in [-0.05, 0) is 42.3 Å². The number of fused-ring (bicyclic) bond motifs is 1. The monoisotopic (exact) mass is 450 g/mol. The summed E-state index contributed by atoms with van der Waals surface area (Å²) in [6.07, 6.45) is 4.17. The Morgan fingerprint density at radius 3 is 2.67 bits per heavy atom. The van der Waals surface area contributed by atoms with Crippen LogP contribution in [0.5, 0.6) is 11.8 Å². The molecule has 0 aliphatic carbocycles. The maximum absolute atomic E-state index is 14.8. The summed E-state index contributed by atoms with van der Waals surface area (Å²) in [5.41, 5.74) is 0.495. The minimum Gasteiger partial charge on any atom is -0.424 e. The first-order valence-electron chi connectivity index (χ1n) is 9.64. The van der Waals surface area contributed by atoms with Gasteiger partial charge in [0, 0.05) is 42.0 Å². The lowest BCUT2D eigenvalue weighted by Crippen LogP contribution is -2.16. The Morgan fingerprint density at radius 2 is 1.94 bits per heavy atom. The lowest BCUT2D eigenvalue weighted by Gasteiger charge is -2.11. The molecule has 8 nitrogen and oxygen atoms in total. The summed E-state index contributed by atoms with van der Waals surface area (Å²) in [5, 5.41) is 2.62. The molecule has 3 aromatic heterocycles. The predicted molar refractivity (Wildman–Crippen MR) is 115 cm³/mol. The van der Waals surface area contributed by atoms with Crippen molar-refractivity contribution in [2.45, 2.75) is 13.3 Å². The normalized spacial score (nSPS) is 10.8. The minimum atomic E-state index is -1.28. The van der Waals surface area contributed by atoms with Gasteiger partial charge in [-0.25, -0.2) is 28.5 Å². The van der Waals surface area contributed by atoms with Crippen molar-refractivity contribution in [3.8, 4) is 11.8 Å². The van der Waals surface area contributed by atoms with Gasteiger partial charge in [-0.2, -0.15) is 0 Å². The van der Waals surface area contributed by atoms with E-state index >= 15 is 0 Å². The van der Waals surface area contributed by atoms with E-state index in [1.807, 2.05) is 5.32 Å². The Hall–Kier alpha value is -4.47. The lowest BCUT2D eigenvalue weighted by atomic mass is 9.99. The number of hydrogen-bond donors (Lipinski definition) is 1. The van der Waals surface area contributed by atoms with Crippen molar-refractivity contribution in [3.63, 3.8) is 0 Å². The van der Waals surface area contributed by atoms with Crippen molar-refractivity contribution >= 4 is 22.7 Å². The van der Waals surface area contributed by atoms with Crippen LogP contribution in [0.1, 0.15) is 16.7 Å². The third-order valence-corrected chi connectivity index (χ3v) is 4.82. The fourth-order valence-corrected chi connectivity index (χ4v) is 3.16. The molecule has 0 radical (unpaired) electrons. The molecule has 1 N–H and O–H groups in total. The van der Waals surface area contributed by atoms with Crippen LogP contribution in [0.2, 0.25) is 0 Å². The second-order valence-electron chi connectivity index (χ2n) is 6.95. The Kier molecular flexibility index (Phi) is 5.90. The van der Waals surface area contributed by atoms with Crippen LogP contribution in [0.3, 0.4) is 0 Å². The Bertz CT molecular complexity index is 1440. The van der Waals surface area contributed by atoms with Crippen molar-refractivity contribution in [2.75, 3.05) is 5.32 Å². The number of halogens is 2. The van der Waals surface area contributed by atoms with Gasteiger partial charge in [0.05, 0.1) is 0 Å². The zero-order valence-electron chi connectivity index (χ0n) is 17.3. The fraction of sp³-hybridized carbons (Fsp3) is 0.0870. The number of aromatic nitrogens is 3. The van der Waals surface area contributed by atoms with Crippen LogP contribution < -0.4 is 15.7 Å². The van der Waals surface area contributed by atoms with Gasteiger partial charge < -0.3 is 14.5 Å². The van der Waals surface area contributed by atoms with E-state index in [-0.39, 0.29) is 29.1 Å². The SMILES string of the molecule is C=C(F)C(=O)Nc1nccc(Cc2c(C)c3ccc(Oc4ncccn4)cc3oc2=O)c1F. The molecule has 0 saturated heterocycles. The molecular weight excluding hydrogens is 434 g/mol. The molecule has 0 atom stereocenters. The third kappa shape index (κ3) is 4.59. The summed E-state index contributed by atoms with van der Waals surface area (Å²) in [4.78, 5) is 35.8. The predicted octanol–water partition coefficient (Wildman–Crippen LogP) is 4.23. The third-order valence-electron chi connectivity index (χ3n) is 4.82. The number of hydrogen-bond acceptors (Lipinski definition) is 7. The number of benzene rings is 1. The second-order valence-corrected chi connectivity index (χ2v) is 6.95. The molecular formula is C23H16F2N4O4. The molecule has 3 heterocycles. The molecule has 0 spiro atoms. The van der Waals surface area contributed by atoms with Crippen LogP contribution in [-0.4, -0.2) is 20.9 Å². The van der Waals surface area contributed by atoms with E-state index in [9.17, 15) is 18.4 Å². The van der Waals surface area contributed by atoms with Crippen LogP contribution in [0.4, 0.5) is 14.6 Å². The summed E-state index contributed by atoms with van der Waals surface area (Å²) in [5.74, 6) is -3.48.